The molecule has 0 aromatic heterocycles. The van der Waals surface area contributed by atoms with Gasteiger partial charge in [0.25, 0.3) is 0 Å². The average Bonchev–Trinajstić information content (AvgIpc) is 3.19. The standard InChI is InChI=1S/C15H24O3/c1-10-12(7-8-13-14(10)18-13)9-17-15(16)11-5-3-2-4-6-11/h10-14H,2-9H2,1H3. The smallest absolute Gasteiger partial charge is 0.308 e. The molecule has 0 amide bonds. The first-order valence-corrected chi connectivity index (χ1v) is 7.58. The Morgan fingerprint density at radius 3 is 2.72 bits per heavy atom. The van der Waals surface area contributed by atoms with Crippen LogP contribution in [-0.2, 0) is 14.3 Å². The van der Waals surface area contributed by atoms with E-state index in [-0.39, 0.29) is 11.9 Å². The van der Waals surface area contributed by atoms with Crippen molar-refractivity contribution in [3.8, 4) is 0 Å². The fraction of sp³-hybridized carbons (Fsp3) is 0.933. The second-order valence-electron chi connectivity index (χ2n) is 6.30. The molecule has 0 radical (unpaired) electrons. The number of carbonyl (C=O) groups is 1. The predicted molar refractivity (Wildman–Crippen MR) is 68.1 cm³/mol. The lowest BCUT2D eigenvalue weighted by Gasteiger charge is -2.27. The second kappa shape index (κ2) is 5.20. The SMILES string of the molecule is CC1C(COC(=O)C2CCCCC2)CCC2OC21. The van der Waals surface area contributed by atoms with Crippen molar-refractivity contribution in [2.45, 2.75) is 64.1 Å². The molecule has 0 aromatic carbocycles. The number of hydrogen-bond acceptors (Lipinski definition) is 3. The maximum absolute atomic E-state index is 12.0. The number of fused-ring (bicyclic) bond motifs is 1. The van der Waals surface area contributed by atoms with E-state index in [9.17, 15) is 4.79 Å². The molecule has 1 aliphatic heterocycles. The van der Waals surface area contributed by atoms with Gasteiger partial charge in [0.15, 0.2) is 0 Å². The fourth-order valence-electron chi connectivity index (χ4n) is 3.64. The van der Waals surface area contributed by atoms with Crippen LogP contribution in [0.15, 0.2) is 0 Å². The van der Waals surface area contributed by atoms with Crippen LogP contribution >= 0.6 is 0 Å². The minimum absolute atomic E-state index is 0.0562. The van der Waals surface area contributed by atoms with Crippen molar-refractivity contribution in [3.63, 3.8) is 0 Å². The molecule has 3 aliphatic rings. The highest BCUT2D eigenvalue weighted by Crippen LogP contribution is 2.43. The quantitative estimate of drug-likeness (QED) is 0.572. The lowest BCUT2D eigenvalue weighted by atomic mass is 9.81. The normalized spacial score (nSPS) is 40.1. The summed E-state index contributed by atoms with van der Waals surface area (Å²) in [6, 6.07) is 0. The van der Waals surface area contributed by atoms with Crippen LogP contribution in [0.3, 0.4) is 0 Å². The van der Waals surface area contributed by atoms with E-state index in [0.717, 1.165) is 25.7 Å². The fourth-order valence-corrected chi connectivity index (χ4v) is 3.64. The van der Waals surface area contributed by atoms with Gasteiger partial charge >= 0.3 is 5.97 Å². The van der Waals surface area contributed by atoms with Gasteiger partial charge in [-0.3, -0.25) is 4.79 Å². The molecule has 2 saturated carbocycles. The highest BCUT2D eigenvalue weighted by atomic mass is 16.6. The number of ether oxygens (including phenoxy) is 2. The van der Waals surface area contributed by atoms with Gasteiger partial charge in [0.05, 0.1) is 24.7 Å². The van der Waals surface area contributed by atoms with Gasteiger partial charge in [0, 0.05) is 0 Å². The van der Waals surface area contributed by atoms with Gasteiger partial charge in [-0.2, -0.15) is 0 Å². The Labute approximate surface area is 109 Å². The summed E-state index contributed by atoms with van der Waals surface area (Å²) in [5.41, 5.74) is 0. The van der Waals surface area contributed by atoms with Crippen molar-refractivity contribution in [3.05, 3.63) is 0 Å². The van der Waals surface area contributed by atoms with Crippen LogP contribution < -0.4 is 0 Å². The predicted octanol–water partition coefficient (Wildman–Crippen LogP) is 2.92. The molecule has 4 atom stereocenters. The van der Waals surface area contributed by atoms with E-state index in [1.165, 1.54) is 19.3 Å². The average molecular weight is 252 g/mol. The zero-order valence-electron chi connectivity index (χ0n) is 11.3. The molecule has 102 valence electrons. The Kier molecular flexibility index (Phi) is 3.60. The van der Waals surface area contributed by atoms with Gasteiger partial charge in [-0.25, -0.2) is 0 Å². The zero-order chi connectivity index (χ0) is 12.5. The third-order valence-corrected chi connectivity index (χ3v) is 5.08. The second-order valence-corrected chi connectivity index (χ2v) is 6.30. The van der Waals surface area contributed by atoms with Gasteiger partial charge in [-0.1, -0.05) is 26.2 Å². The van der Waals surface area contributed by atoms with Crippen molar-refractivity contribution in [2.24, 2.45) is 17.8 Å². The molecule has 4 unspecified atom stereocenters. The van der Waals surface area contributed by atoms with E-state index in [1.54, 1.807) is 0 Å². The van der Waals surface area contributed by atoms with Crippen LogP contribution in [0.2, 0.25) is 0 Å². The van der Waals surface area contributed by atoms with Gasteiger partial charge in [0.2, 0.25) is 0 Å². The summed E-state index contributed by atoms with van der Waals surface area (Å²) >= 11 is 0. The molecule has 0 N–H and O–H groups in total. The molecule has 1 heterocycles. The molecule has 3 nitrogen and oxygen atoms in total. The van der Waals surface area contributed by atoms with Gasteiger partial charge < -0.3 is 9.47 Å². The summed E-state index contributed by atoms with van der Waals surface area (Å²) < 4.78 is 11.2. The van der Waals surface area contributed by atoms with Crippen LogP contribution in [0, 0.1) is 17.8 Å². The van der Waals surface area contributed by atoms with Gasteiger partial charge in [0.1, 0.15) is 0 Å². The topological polar surface area (TPSA) is 38.8 Å². The monoisotopic (exact) mass is 252 g/mol. The van der Waals surface area contributed by atoms with E-state index < -0.39 is 0 Å². The summed E-state index contributed by atoms with van der Waals surface area (Å²) in [5, 5.41) is 0. The molecule has 0 bridgehead atoms. The van der Waals surface area contributed by atoms with E-state index in [4.69, 9.17) is 9.47 Å². The summed E-state index contributed by atoms with van der Waals surface area (Å²) in [7, 11) is 0. The van der Waals surface area contributed by atoms with E-state index in [0.29, 0.717) is 30.7 Å². The third-order valence-electron chi connectivity index (χ3n) is 5.08. The van der Waals surface area contributed by atoms with Crippen LogP contribution in [0.25, 0.3) is 0 Å². The molecule has 1 saturated heterocycles. The van der Waals surface area contributed by atoms with E-state index in [1.807, 2.05) is 0 Å². The molecule has 0 aromatic rings. The lowest BCUT2D eigenvalue weighted by Crippen LogP contribution is -2.30. The van der Waals surface area contributed by atoms with Gasteiger partial charge in [-0.15, -0.1) is 0 Å². The molecular weight excluding hydrogens is 228 g/mol. The van der Waals surface area contributed by atoms with Crippen LogP contribution in [0.4, 0.5) is 0 Å². The van der Waals surface area contributed by atoms with E-state index in [2.05, 4.69) is 6.92 Å². The van der Waals surface area contributed by atoms with Crippen molar-refractivity contribution in [2.75, 3.05) is 6.61 Å². The molecule has 3 fully saturated rings. The Morgan fingerprint density at radius 1 is 1.17 bits per heavy atom. The Morgan fingerprint density at radius 2 is 1.94 bits per heavy atom. The summed E-state index contributed by atoms with van der Waals surface area (Å²) in [4.78, 5) is 12.0. The Hall–Kier alpha value is -0.570. The number of rotatable bonds is 3. The maximum atomic E-state index is 12.0. The number of carbonyl (C=O) groups excluding carboxylic acids is 1. The first-order chi connectivity index (χ1) is 8.75. The minimum Gasteiger partial charge on any atom is -0.465 e. The molecule has 0 spiro atoms. The van der Waals surface area contributed by atoms with Crippen LogP contribution in [-0.4, -0.2) is 24.8 Å². The highest BCUT2D eigenvalue weighted by molar-refractivity contribution is 5.72. The molecule has 18 heavy (non-hydrogen) atoms. The molecule has 2 aliphatic carbocycles. The molecule has 3 heteroatoms. The minimum atomic E-state index is 0.0562. The summed E-state index contributed by atoms with van der Waals surface area (Å²) in [5.74, 6) is 1.31. The van der Waals surface area contributed by atoms with Crippen LogP contribution in [0.1, 0.15) is 51.9 Å². The largest absolute Gasteiger partial charge is 0.465 e. The molecule has 3 rings (SSSR count). The van der Waals surface area contributed by atoms with Crippen molar-refractivity contribution in [1.29, 1.82) is 0 Å². The number of epoxide rings is 1. The Balaban J connectivity index is 1.44. The van der Waals surface area contributed by atoms with Gasteiger partial charge in [-0.05, 0) is 37.5 Å². The lowest BCUT2D eigenvalue weighted by molar-refractivity contribution is -0.151. The van der Waals surface area contributed by atoms with Crippen molar-refractivity contribution in [1.82, 2.24) is 0 Å². The molecular formula is C15H24O3. The highest BCUT2D eigenvalue weighted by Gasteiger charge is 2.49. The number of esters is 1. The summed E-state index contributed by atoms with van der Waals surface area (Å²) in [6.07, 6.45) is 9.02. The van der Waals surface area contributed by atoms with Crippen molar-refractivity contribution < 1.29 is 14.3 Å². The first kappa shape index (κ1) is 12.5. The third kappa shape index (κ3) is 2.56. The van der Waals surface area contributed by atoms with Crippen LogP contribution in [0.5, 0.6) is 0 Å². The maximum Gasteiger partial charge on any atom is 0.308 e. The number of hydrogen-bond donors (Lipinski definition) is 0. The van der Waals surface area contributed by atoms with E-state index >= 15 is 0 Å². The summed E-state index contributed by atoms with van der Waals surface area (Å²) in [6.45, 7) is 2.85. The Bertz CT molecular complexity index is 309. The zero-order valence-corrected chi connectivity index (χ0v) is 11.3. The first-order valence-electron chi connectivity index (χ1n) is 7.58. The van der Waals surface area contributed by atoms with Crippen molar-refractivity contribution >= 4 is 5.97 Å².